The molecule has 0 unspecified atom stereocenters. The van der Waals surface area contributed by atoms with E-state index in [1.165, 1.54) is 14.2 Å². The van der Waals surface area contributed by atoms with Crippen LogP contribution in [0.15, 0.2) is 69.9 Å². The number of carbonyl (C=O) groups excluding carboxylic acids is 1. The van der Waals surface area contributed by atoms with Crippen LogP contribution in [-0.2, 0) is 0 Å². The molecule has 1 aromatic heterocycles. The van der Waals surface area contributed by atoms with E-state index >= 15 is 0 Å². The molecule has 33 heavy (non-hydrogen) atoms. The number of hydrogen-bond donors (Lipinski definition) is 0. The van der Waals surface area contributed by atoms with E-state index in [9.17, 15) is 9.59 Å². The van der Waals surface area contributed by atoms with E-state index in [0.717, 1.165) is 0 Å². The second-order valence-corrected chi connectivity index (χ2v) is 7.27. The average molecular weight is 446 g/mol. The van der Waals surface area contributed by atoms with Gasteiger partial charge in [0, 0.05) is 11.5 Å². The van der Waals surface area contributed by atoms with Crippen LogP contribution in [0.3, 0.4) is 0 Å². The van der Waals surface area contributed by atoms with Crippen molar-refractivity contribution in [1.82, 2.24) is 0 Å². The molecule has 4 rings (SSSR count). The normalized spacial score (nSPS) is 10.7. The summed E-state index contributed by atoms with van der Waals surface area (Å²) < 4.78 is 26.7. The van der Waals surface area contributed by atoms with Crippen molar-refractivity contribution in [3.05, 3.63) is 82.2 Å². The van der Waals surface area contributed by atoms with E-state index < -0.39 is 11.6 Å². The van der Waals surface area contributed by atoms with Crippen LogP contribution in [0.4, 0.5) is 0 Å². The first-order valence-corrected chi connectivity index (χ1v) is 10.1. The van der Waals surface area contributed by atoms with Gasteiger partial charge >= 0.3 is 11.6 Å². The Morgan fingerprint density at radius 1 is 0.758 bits per heavy atom. The van der Waals surface area contributed by atoms with E-state index in [2.05, 4.69) is 0 Å². The third-order valence-electron chi connectivity index (χ3n) is 5.31. The van der Waals surface area contributed by atoms with E-state index in [1.54, 1.807) is 67.8 Å². The molecule has 0 aliphatic heterocycles. The van der Waals surface area contributed by atoms with Crippen LogP contribution in [0.1, 0.15) is 15.9 Å². The zero-order valence-corrected chi connectivity index (χ0v) is 18.6. The molecule has 7 nitrogen and oxygen atoms in total. The lowest BCUT2D eigenvalue weighted by molar-refractivity contribution is 0.0734. The molecule has 0 radical (unpaired) electrons. The maximum atomic E-state index is 12.8. The van der Waals surface area contributed by atoms with Gasteiger partial charge in [-0.1, -0.05) is 12.1 Å². The second-order valence-electron chi connectivity index (χ2n) is 7.27. The number of ether oxygens (including phenoxy) is 4. The Morgan fingerprint density at radius 3 is 1.97 bits per heavy atom. The van der Waals surface area contributed by atoms with Crippen LogP contribution in [-0.4, -0.2) is 27.3 Å². The first-order valence-electron chi connectivity index (χ1n) is 10.1. The molecule has 0 saturated carbocycles. The zero-order valence-electron chi connectivity index (χ0n) is 18.6. The van der Waals surface area contributed by atoms with Gasteiger partial charge in [0.1, 0.15) is 28.6 Å². The molecule has 3 aromatic carbocycles. The molecular weight excluding hydrogens is 424 g/mol. The van der Waals surface area contributed by atoms with Gasteiger partial charge in [0.25, 0.3) is 0 Å². The number of hydrogen-bond acceptors (Lipinski definition) is 7. The molecule has 0 fully saturated rings. The predicted octanol–water partition coefficient (Wildman–Crippen LogP) is 5.01. The highest BCUT2D eigenvalue weighted by molar-refractivity contribution is 5.93. The van der Waals surface area contributed by atoms with Crippen LogP contribution in [0.5, 0.6) is 23.0 Å². The predicted molar refractivity (Wildman–Crippen MR) is 124 cm³/mol. The third-order valence-corrected chi connectivity index (χ3v) is 5.31. The van der Waals surface area contributed by atoms with Gasteiger partial charge in [-0.2, -0.15) is 0 Å². The van der Waals surface area contributed by atoms with Crippen molar-refractivity contribution in [3.63, 3.8) is 0 Å². The number of methoxy groups -OCH3 is 3. The van der Waals surface area contributed by atoms with Crippen LogP contribution in [0.2, 0.25) is 0 Å². The fraction of sp³-hybridized carbons (Fsp3) is 0.154. The number of aryl methyl sites for hydroxylation is 1. The molecule has 0 bridgehead atoms. The maximum Gasteiger partial charge on any atom is 0.344 e. The van der Waals surface area contributed by atoms with Gasteiger partial charge in [-0.25, -0.2) is 9.59 Å². The molecule has 0 N–H and O–H groups in total. The topological polar surface area (TPSA) is 84.2 Å². The van der Waals surface area contributed by atoms with Gasteiger partial charge < -0.3 is 23.4 Å². The molecule has 1 heterocycles. The number of fused-ring (bicyclic) bond motifs is 1. The van der Waals surface area contributed by atoms with Gasteiger partial charge in [0.2, 0.25) is 0 Å². The minimum absolute atomic E-state index is 0.279. The molecule has 0 aliphatic carbocycles. The lowest BCUT2D eigenvalue weighted by Crippen LogP contribution is -2.10. The summed E-state index contributed by atoms with van der Waals surface area (Å²) in [6.07, 6.45) is 0. The monoisotopic (exact) mass is 446 g/mol. The second kappa shape index (κ2) is 9.08. The highest BCUT2D eigenvalue weighted by Crippen LogP contribution is 2.31. The minimum atomic E-state index is -0.572. The van der Waals surface area contributed by atoms with Crippen molar-refractivity contribution in [2.45, 2.75) is 6.92 Å². The molecule has 7 heteroatoms. The van der Waals surface area contributed by atoms with E-state index in [1.807, 2.05) is 6.92 Å². The first kappa shape index (κ1) is 22.0. The molecule has 0 amide bonds. The van der Waals surface area contributed by atoms with Crippen LogP contribution in [0, 0.1) is 6.92 Å². The van der Waals surface area contributed by atoms with Gasteiger partial charge in [0.15, 0.2) is 0 Å². The number of esters is 1. The Labute approximate surface area is 190 Å². The molecule has 0 atom stereocenters. The molecule has 0 saturated heterocycles. The van der Waals surface area contributed by atoms with E-state index in [4.69, 9.17) is 23.4 Å². The maximum absolute atomic E-state index is 12.8. The SMILES string of the molecule is COc1ccc(-c2c(C)c3cc(OC(=O)c4cc(OC)cc(OC)c4)ccc3oc2=O)cc1. The summed E-state index contributed by atoms with van der Waals surface area (Å²) in [5.41, 5.74) is 2.09. The Kier molecular flexibility index (Phi) is 6.04. The smallest absolute Gasteiger partial charge is 0.344 e. The van der Waals surface area contributed by atoms with Crippen molar-refractivity contribution in [2.24, 2.45) is 0 Å². The van der Waals surface area contributed by atoms with E-state index in [-0.39, 0.29) is 5.56 Å². The van der Waals surface area contributed by atoms with E-state index in [0.29, 0.717) is 50.7 Å². The summed E-state index contributed by atoms with van der Waals surface area (Å²) in [7, 11) is 4.59. The lowest BCUT2D eigenvalue weighted by Gasteiger charge is -2.11. The molecule has 0 spiro atoms. The Hall–Kier alpha value is -4.26. The highest BCUT2D eigenvalue weighted by Gasteiger charge is 2.16. The summed E-state index contributed by atoms with van der Waals surface area (Å²) in [5, 5.41) is 0.661. The van der Waals surface area contributed by atoms with Crippen molar-refractivity contribution < 1.29 is 28.2 Å². The lowest BCUT2D eigenvalue weighted by atomic mass is 9.99. The van der Waals surface area contributed by atoms with Gasteiger partial charge in [-0.05, 0) is 60.5 Å². The van der Waals surface area contributed by atoms with Crippen molar-refractivity contribution >= 4 is 16.9 Å². The van der Waals surface area contributed by atoms with Crippen LogP contribution >= 0.6 is 0 Å². The third kappa shape index (κ3) is 4.39. The fourth-order valence-corrected chi connectivity index (χ4v) is 3.58. The zero-order chi connectivity index (χ0) is 23.5. The fourth-order valence-electron chi connectivity index (χ4n) is 3.58. The first-order chi connectivity index (χ1) is 15.9. The number of carbonyl (C=O) groups is 1. The van der Waals surface area contributed by atoms with Crippen LogP contribution < -0.4 is 24.6 Å². The Morgan fingerprint density at radius 2 is 1.36 bits per heavy atom. The number of rotatable bonds is 6. The molecule has 168 valence electrons. The van der Waals surface area contributed by atoms with Gasteiger partial charge in [0.05, 0.1) is 32.5 Å². The minimum Gasteiger partial charge on any atom is -0.497 e. The number of benzene rings is 3. The molecule has 0 aliphatic rings. The summed E-state index contributed by atoms with van der Waals surface area (Å²) in [6, 6.07) is 16.8. The molecule has 4 aromatic rings. The van der Waals surface area contributed by atoms with Crippen molar-refractivity contribution in [2.75, 3.05) is 21.3 Å². The quantitative estimate of drug-likeness (QED) is 0.234. The van der Waals surface area contributed by atoms with Gasteiger partial charge in [-0.3, -0.25) is 0 Å². The summed E-state index contributed by atoms with van der Waals surface area (Å²) in [6.45, 7) is 1.83. The van der Waals surface area contributed by atoms with Gasteiger partial charge in [-0.15, -0.1) is 0 Å². The largest absolute Gasteiger partial charge is 0.497 e. The van der Waals surface area contributed by atoms with Crippen molar-refractivity contribution in [3.8, 4) is 34.1 Å². The molecular formula is C26H22O7. The highest BCUT2D eigenvalue weighted by atomic mass is 16.5. The standard InChI is InChI=1S/C26H22O7/c1-15-22-14-19(32-25(27)17-11-20(30-3)13-21(12-17)31-4)9-10-23(22)33-26(28)24(15)16-5-7-18(29-2)8-6-16/h5-14H,1-4H3. The Bertz CT molecular complexity index is 1360. The summed E-state index contributed by atoms with van der Waals surface area (Å²) >= 11 is 0. The average Bonchev–Trinajstić information content (AvgIpc) is 2.84. The summed E-state index contributed by atoms with van der Waals surface area (Å²) in [5.74, 6) is 1.37. The summed E-state index contributed by atoms with van der Waals surface area (Å²) in [4.78, 5) is 25.4. The Balaban J connectivity index is 1.72. The van der Waals surface area contributed by atoms with Crippen molar-refractivity contribution in [1.29, 1.82) is 0 Å². The van der Waals surface area contributed by atoms with Crippen LogP contribution in [0.25, 0.3) is 22.1 Å².